The fraction of sp³-hybridized carbons (Fsp3) is 0.556. The molecule has 0 unspecified atom stereocenters. The zero-order valence-electron chi connectivity index (χ0n) is 8.24. The lowest BCUT2D eigenvalue weighted by molar-refractivity contribution is 0.384. The van der Waals surface area contributed by atoms with Crippen LogP contribution in [0.15, 0.2) is 21.8 Å². The Hall–Kier alpha value is -1.32. The van der Waals surface area contributed by atoms with Gasteiger partial charge in [0.2, 0.25) is 0 Å². The molecular formula is C9H15N3O. The van der Waals surface area contributed by atoms with Gasteiger partial charge in [-0.2, -0.15) is 0 Å². The van der Waals surface area contributed by atoms with Crippen molar-refractivity contribution in [2.75, 3.05) is 0 Å². The first kappa shape index (κ1) is 9.77. The Balaban J connectivity index is 2.59. The Bertz CT molecular complexity index is 282. The van der Waals surface area contributed by atoms with Gasteiger partial charge in [-0.25, -0.2) is 0 Å². The quantitative estimate of drug-likeness (QED) is 0.556. The van der Waals surface area contributed by atoms with Crippen molar-refractivity contribution in [2.24, 2.45) is 16.1 Å². The normalized spacial score (nSPS) is 13.3. The van der Waals surface area contributed by atoms with Gasteiger partial charge in [0.05, 0.1) is 12.0 Å². The van der Waals surface area contributed by atoms with E-state index in [0.29, 0.717) is 12.4 Å². The molecule has 0 spiro atoms. The number of amidine groups is 1. The second-order valence-electron chi connectivity index (χ2n) is 3.93. The molecular weight excluding hydrogens is 166 g/mol. The average Bonchev–Trinajstić information content (AvgIpc) is 2.50. The SMILES string of the molecule is CC(C)(C)C(N)=NCc1ccno1. The van der Waals surface area contributed by atoms with E-state index < -0.39 is 0 Å². The number of nitrogens with two attached hydrogens (primary N) is 1. The Kier molecular flexibility index (Phi) is 2.70. The van der Waals surface area contributed by atoms with Crippen LogP contribution in [0.3, 0.4) is 0 Å². The van der Waals surface area contributed by atoms with E-state index in [0.717, 1.165) is 5.76 Å². The third-order valence-electron chi connectivity index (χ3n) is 1.66. The van der Waals surface area contributed by atoms with Crippen LogP contribution >= 0.6 is 0 Å². The van der Waals surface area contributed by atoms with Crippen LogP contribution < -0.4 is 5.73 Å². The number of aromatic nitrogens is 1. The zero-order chi connectivity index (χ0) is 9.90. The minimum absolute atomic E-state index is 0.0833. The van der Waals surface area contributed by atoms with E-state index in [2.05, 4.69) is 10.1 Å². The molecule has 0 atom stereocenters. The number of nitrogens with zero attached hydrogens (tertiary/aromatic N) is 2. The summed E-state index contributed by atoms with van der Waals surface area (Å²) < 4.78 is 4.88. The van der Waals surface area contributed by atoms with Crippen molar-refractivity contribution in [1.82, 2.24) is 5.16 Å². The minimum atomic E-state index is -0.0833. The van der Waals surface area contributed by atoms with Crippen molar-refractivity contribution in [2.45, 2.75) is 27.3 Å². The molecule has 0 fully saturated rings. The predicted molar refractivity (Wildman–Crippen MR) is 51.3 cm³/mol. The Morgan fingerprint density at radius 3 is 2.77 bits per heavy atom. The van der Waals surface area contributed by atoms with Gasteiger partial charge in [-0.15, -0.1) is 0 Å². The summed E-state index contributed by atoms with van der Waals surface area (Å²) in [5.41, 5.74) is 5.67. The molecule has 4 heteroatoms. The molecule has 1 rings (SSSR count). The van der Waals surface area contributed by atoms with E-state index in [1.165, 1.54) is 0 Å². The molecule has 1 aromatic rings. The molecule has 13 heavy (non-hydrogen) atoms. The first-order valence-electron chi connectivity index (χ1n) is 4.20. The summed E-state index contributed by atoms with van der Waals surface area (Å²) >= 11 is 0. The molecule has 0 amide bonds. The van der Waals surface area contributed by atoms with E-state index in [1.807, 2.05) is 20.8 Å². The summed E-state index contributed by atoms with van der Waals surface area (Å²) in [4.78, 5) is 4.20. The molecule has 0 aliphatic rings. The molecule has 0 saturated carbocycles. The standard InChI is InChI=1S/C9H15N3O/c1-9(2,3)8(10)11-6-7-4-5-12-13-7/h4-5H,6H2,1-3H3,(H2,10,11). The first-order chi connectivity index (χ1) is 6.00. The summed E-state index contributed by atoms with van der Waals surface area (Å²) in [5, 5.41) is 3.58. The van der Waals surface area contributed by atoms with Crippen LogP contribution in [0.2, 0.25) is 0 Å². The summed E-state index contributed by atoms with van der Waals surface area (Å²) in [5.74, 6) is 1.36. The molecule has 1 aromatic heterocycles. The molecule has 4 nitrogen and oxygen atoms in total. The van der Waals surface area contributed by atoms with Crippen molar-refractivity contribution in [3.63, 3.8) is 0 Å². The zero-order valence-corrected chi connectivity index (χ0v) is 8.24. The number of aliphatic imine (C=N–C) groups is 1. The summed E-state index contributed by atoms with van der Waals surface area (Å²) in [7, 11) is 0. The molecule has 0 aromatic carbocycles. The number of hydrogen-bond donors (Lipinski definition) is 1. The molecule has 0 aliphatic heterocycles. The maximum Gasteiger partial charge on any atom is 0.158 e. The highest BCUT2D eigenvalue weighted by molar-refractivity contribution is 5.85. The fourth-order valence-electron chi connectivity index (χ4n) is 0.724. The van der Waals surface area contributed by atoms with Crippen LogP contribution in [0.1, 0.15) is 26.5 Å². The molecule has 72 valence electrons. The lowest BCUT2D eigenvalue weighted by Gasteiger charge is -2.16. The van der Waals surface area contributed by atoms with Gasteiger partial charge in [-0.05, 0) is 0 Å². The molecule has 0 saturated heterocycles. The van der Waals surface area contributed by atoms with E-state index in [4.69, 9.17) is 10.3 Å². The lowest BCUT2D eigenvalue weighted by atomic mass is 9.95. The van der Waals surface area contributed by atoms with Crippen LogP contribution in [0.25, 0.3) is 0 Å². The first-order valence-corrected chi connectivity index (χ1v) is 4.20. The highest BCUT2D eigenvalue weighted by Crippen LogP contribution is 2.13. The monoisotopic (exact) mass is 181 g/mol. The fourth-order valence-corrected chi connectivity index (χ4v) is 0.724. The van der Waals surface area contributed by atoms with Gasteiger partial charge in [0.15, 0.2) is 5.76 Å². The highest BCUT2D eigenvalue weighted by atomic mass is 16.5. The number of rotatable bonds is 2. The van der Waals surface area contributed by atoms with Gasteiger partial charge >= 0.3 is 0 Å². The van der Waals surface area contributed by atoms with Crippen molar-refractivity contribution in [1.29, 1.82) is 0 Å². The largest absolute Gasteiger partial charge is 0.387 e. The molecule has 2 N–H and O–H groups in total. The molecule has 0 bridgehead atoms. The van der Waals surface area contributed by atoms with E-state index in [1.54, 1.807) is 12.3 Å². The van der Waals surface area contributed by atoms with Crippen molar-refractivity contribution in [3.05, 3.63) is 18.0 Å². The second-order valence-corrected chi connectivity index (χ2v) is 3.93. The van der Waals surface area contributed by atoms with Crippen LogP contribution in [0, 0.1) is 5.41 Å². The third kappa shape index (κ3) is 2.89. The van der Waals surface area contributed by atoms with E-state index in [9.17, 15) is 0 Å². The van der Waals surface area contributed by atoms with Gasteiger partial charge < -0.3 is 10.3 Å². The number of hydrogen-bond acceptors (Lipinski definition) is 3. The van der Waals surface area contributed by atoms with Crippen LogP contribution in [0.5, 0.6) is 0 Å². The Morgan fingerprint density at radius 1 is 1.62 bits per heavy atom. The maximum absolute atomic E-state index is 5.76. The lowest BCUT2D eigenvalue weighted by Crippen LogP contribution is -2.28. The summed E-state index contributed by atoms with van der Waals surface area (Å²) in [6.07, 6.45) is 1.60. The summed E-state index contributed by atoms with van der Waals surface area (Å²) in [6, 6.07) is 1.78. The molecule has 1 heterocycles. The predicted octanol–water partition coefficient (Wildman–Crippen LogP) is 1.58. The van der Waals surface area contributed by atoms with Gasteiger partial charge in [0.1, 0.15) is 6.54 Å². The van der Waals surface area contributed by atoms with Gasteiger partial charge in [-0.3, -0.25) is 4.99 Å². The van der Waals surface area contributed by atoms with Gasteiger partial charge in [0.25, 0.3) is 0 Å². The van der Waals surface area contributed by atoms with E-state index >= 15 is 0 Å². The highest BCUT2D eigenvalue weighted by Gasteiger charge is 2.14. The van der Waals surface area contributed by atoms with Crippen LogP contribution in [0.4, 0.5) is 0 Å². The topological polar surface area (TPSA) is 64.4 Å². The second kappa shape index (κ2) is 3.60. The average molecular weight is 181 g/mol. The van der Waals surface area contributed by atoms with E-state index in [-0.39, 0.29) is 5.41 Å². The van der Waals surface area contributed by atoms with Crippen LogP contribution in [-0.2, 0) is 6.54 Å². The molecule has 0 radical (unpaired) electrons. The molecule has 0 aliphatic carbocycles. The maximum atomic E-state index is 5.76. The minimum Gasteiger partial charge on any atom is -0.387 e. The third-order valence-corrected chi connectivity index (χ3v) is 1.66. The Labute approximate surface area is 77.8 Å². The van der Waals surface area contributed by atoms with Crippen LogP contribution in [-0.4, -0.2) is 11.0 Å². The van der Waals surface area contributed by atoms with Crippen molar-refractivity contribution in [3.8, 4) is 0 Å². The van der Waals surface area contributed by atoms with Crippen molar-refractivity contribution >= 4 is 5.84 Å². The van der Waals surface area contributed by atoms with Gasteiger partial charge in [0, 0.05) is 11.5 Å². The Morgan fingerprint density at radius 2 is 2.31 bits per heavy atom. The smallest absolute Gasteiger partial charge is 0.158 e. The van der Waals surface area contributed by atoms with Crippen molar-refractivity contribution < 1.29 is 4.52 Å². The summed E-state index contributed by atoms with van der Waals surface area (Å²) in [6.45, 7) is 6.52. The van der Waals surface area contributed by atoms with Gasteiger partial charge in [-0.1, -0.05) is 25.9 Å².